The van der Waals surface area contributed by atoms with Crippen molar-refractivity contribution in [2.45, 2.75) is 6.92 Å². The number of phenolic OH excluding ortho intramolecular Hbond substituents is 2. The Morgan fingerprint density at radius 1 is 1.46 bits per heavy atom. The zero-order valence-electron chi connectivity index (χ0n) is 7.03. The number of carbonyl (C=O) groups excluding carboxylic acids is 1. The maximum Gasteiger partial charge on any atom is 0.265 e. The highest BCUT2D eigenvalue weighted by molar-refractivity contribution is 5.96. The van der Waals surface area contributed by atoms with Crippen molar-refractivity contribution in [3.8, 4) is 11.5 Å². The monoisotopic (exact) mass is 182 g/mol. The molecule has 1 amide bonds. The van der Waals surface area contributed by atoms with Gasteiger partial charge in [-0.25, -0.2) is 5.84 Å². The van der Waals surface area contributed by atoms with Crippen LogP contribution in [0.5, 0.6) is 11.5 Å². The van der Waals surface area contributed by atoms with Crippen LogP contribution in [0.15, 0.2) is 12.1 Å². The molecule has 5 heteroatoms. The summed E-state index contributed by atoms with van der Waals surface area (Å²) in [5.41, 5.74) is 2.47. The smallest absolute Gasteiger partial charge is 0.265 e. The van der Waals surface area contributed by atoms with Crippen molar-refractivity contribution in [2.24, 2.45) is 5.84 Å². The van der Waals surface area contributed by atoms with Crippen molar-refractivity contribution in [3.63, 3.8) is 0 Å². The first-order valence-electron chi connectivity index (χ1n) is 3.60. The van der Waals surface area contributed by atoms with E-state index < -0.39 is 5.91 Å². The van der Waals surface area contributed by atoms with E-state index in [1.54, 1.807) is 0 Å². The highest BCUT2D eigenvalue weighted by Gasteiger charge is 2.12. The average Bonchev–Trinajstić information content (AvgIpc) is 2.13. The minimum atomic E-state index is -0.507. The lowest BCUT2D eigenvalue weighted by molar-refractivity contribution is 0.0952. The number of nitrogen functional groups attached to an aromatic ring is 1. The Kier molecular flexibility index (Phi) is 2.39. The first kappa shape index (κ1) is 9.34. The van der Waals surface area contributed by atoms with Gasteiger partial charge in [-0.1, -0.05) is 0 Å². The Bertz CT molecular complexity index is 349. The van der Waals surface area contributed by atoms with Crippen molar-refractivity contribution in [1.29, 1.82) is 0 Å². The molecule has 0 atom stereocenters. The zero-order valence-corrected chi connectivity index (χ0v) is 7.03. The molecule has 0 radical (unpaired) electrons. The van der Waals surface area contributed by atoms with E-state index in [9.17, 15) is 9.90 Å². The molecule has 0 fully saturated rings. The highest BCUT2D eigenvalue weighted by Crippen LogP contribution is 2.30. The van der Waals surface area contributed by atoms with E-state index in [0.29, 0.717) is 5.56 Å². The number of benzene rings is 1. The van der Waals surface area contributed by atoms with Gasteiger partial charge in [0.2, 0.25) is 0 Å². The molecule has 0 saturated carbocycles. The fraction of sp³-hybridized carbons (Fsp3) is 0.125. The average molecular weight is 182 g/mol. The predicted octanol–water partition coefficient (Wildman–Crippen LogP) is 0.00972. The SMILES string of the molecule is Cc1c(C(=O)NN)ccc(O)c1O. The zero-order chi connectivity index (χ0) is 10.0. The van der Waals surface area contributed by atoms with Gasteiger partial charge >= 0.3 is 0 Å². The predicted molar refractivity (Wildman–Crippen MR) is 46.2 cm³/mol. The second kappa shape index (κ2) is 3.32. The molecule has 5 nitrogen and oxygen atoms in total. The molecule has 0 saturated heterocycles. The molecule has 0 aliphatic rings. The van der Waals surface area contributed by atoms with Crippen molar-refractivity contribution in [3.05, 3.63) is 23.3 Å². The van der Waals surface area contributed by atoms with Gasteiger partial charge < -0.3 is 10.2 Å². The fourth-order valence-corrected chi connectivity index (χ4v) is 1.01. The van der Waals surface area contributed by atoms with E-state index >= 15 is 0 Å². The van der Waals surface area contributed by atoms with Crippen LogP contribution in [-0.4, -0.2) is 16.1 Å². The second-order valence-corrected chi connectivity index (χ2v) is 2.58. The molecule has 0 heterocycles. The quantitative estimate of drug-likeness (QED) is 0.213. The molecule has 0 bridgehead atoms. The maximum atomic E-state index is 11.1. The van der Waals surface area contributed by atoms with E-state index in [4.69, 9.17) is 10.9 Å². The summed E-state index contributed by atoms with van der Waals surface area (Å²) in [5, 5.41) is 18.3. The van der Waals surface area contributed by atoms with Gasteiger partial charge in [-0.2, -0.15) is 0 Å². The van der Waals surface area contributed by atoms with Crippen LogP contribution in [0.2, 0.25) is 0 Å². The van der Waals surface area contributed by atoms with E-state index in [1.165, 1.54) is 19.1 Å². The topological polar surface area (TPSA) is 95.6 Å². The first-order chi connectivity index (χ1) is 6.07. The number of phenols is 2. The Hall–Kier alpha value is -1.75. The molecular weight excluding hydrogens is 172 g/mol. The van der Waals surface area contributed by atoms with Crippen molar-refractivity contribution >= 4 is 5.91 Å². The third-order valence-corrected chi connectivity index (χ3v) is 1.79. The Morgan fingerprint density at radius 3 is 2.62 bits per heavy atom. The molecule has 5 N–H and O–H groups in total. The van der Waals surface area contributed by atoms with E-state index in [1.807, 2.05) is 5.43 Å². The number of hydrogen-bond donors (Lipinski definition) is 4. The number of hydrogen-bond acceptors (Lipinski definition) is 4. The van der Waals surface area contributed by atoms with Crippen LogP contribution in [0.1, 0.15) is 15.9 Å². The van der Waals surface area contributed by atoms with Gasteiger partial charge in [0, 0.05) is 11.1 Å². The molecule has 0 aliphatic heterocycles. The summed E-state index contributed by atoms with van der Waals surface area (Å²) >= 11 is 0. The highest BCUT2D eigenvalue weighted by atomic mass is 16.3. The van der Waals surface area contributed by atoms with E-state index in [2.05, 4.69) is 0 Å². The van der Waals surface area contributed by atoms with E-state index in [-0.39, 0.29) is 17.1 Å². The Labute approximate surface area is 74.8 Å². The van der Waals surface area contributed by atoms with Gasteiger partial charge in [0.05, 0.1) is 0 Å². The molecule has 0 unspecified atom stereocenters. The molecule has 1 rings (SSSR count). The largest absolute Gasteiger partial charge is 0.504 e. The van der Waals surface area contributed by atoms with Crippen LogP contribution in [0.25, 0.3) is 0 Å². The molecule has 70 valence electrons. The first-order valence-corrected chi connectivity index (χ1v) is 3.60. The molecule has 13 heavy (non-hydrogen) atoms. The summed E-state index contributed by atoms with van der Waals surface area (Å²) in [6, 6.07) is 2.61. The Balaban J connectivity index is 3.26. The van der Waals surface area contributed by atoms with Gasteiger partial charge in [0.15, 0.2) is 11.5 Å². The summed E-state index contributed by atoms with van der Waals surface area (Å²) in [6.07, 6.45) is 0. The van der Waals surface area contributed by atoms with Crippen LogP contribution < -0.4 is 11.3 Å². The summed E-state index contributed by atoms with van der Waals surface area (Å²) < 4.78 is 0. The number of amides is 1. The summed E-state index contributed by atoms with van der Waals surface area (Å²) in [4.78, 5) is 11.1. The van der Waals surface area contributed by atoms with Gasteiger partial charge in [-0.15, -0.1) is 0 Å². The number of aromatic hydroxyl groups is 2. The van der Waals surface area contributed by atoms with E-state index in [0.717, 1.165) is 0 Å². The number of hydrazine groups is 1. The lowest BCUT2D eigenvalue weighted by Gasteiger charge is -2.06. The maximum absolute atomic E-state index is 11.1. The second-order valence-electron chi connectivity index (χ2n) is 2.58. The normalized spacial score (nSPS) is 9.69. The molecule has 1 aromatic carbocycles. The fourth-order valence-electron chi connectivity index (χ4n) is 1.01. The van der Waals surface area contributed by atoms with Gasteiger partial charge in [-0.3, -0.25) is 10.2 Å². The number of rotatable bonds is 1. The summed E-state index contributed by atoms with van der Waals surface area (Å²) in [6.45, 7) is 1.51. The third-order valence-electron chi connectivity index (χ3n) is 1.79. The van der Waals surface area contributed by atoms with Gasteiger partial charge in [-0.05, 0) is 19.1 Å². The lowest BCUT2D eigenvalue weighted by Crippen LogP contribution is -2.30. The summed E-state index contributed by atoms with van der Waals surface area (Å²) in [5.74, 6) is 3.85. The van der Waals surface area contributed by atoms with Crippen molar-refractivity contribution in [1.82, 2.24) is 5.43 Å². The van der Waals surface area contributed by atoms with Crippen molar-refractivity contribution < 1.29 is 15.0 Å². The number of nitrogens with one attached hydrogen (secondary N) is 1. The van der Waals surface area contributed by atoms with Gasteiger partial charge in [0.25, 0.3) is 5.91 Å². The van der Waals surface area contributed by atoms with Crippen LogP contribution in [0.4, 0.5) is 0 Å². The number of nitrogens with two attached hydrogens (primary N) is 1. The minimum absolute atomic E-state index is 0.234. The van der Waals surface area contributed by atoms with Crippen LogP contribution in [-0.2, 0) is 0 Å². The molecule has 0 spiro atoms. The van der Waals surface area contributed by atoms with Gasteiger partial charge in [0.1, 0.15) is 0 Å². The molecular formula is C8H10N2O3. The molecule has 0 aromatic heterocycles. The molecule has 1 aromatic rings. The molecule has 0 aliphatic carbocycles. The lowest BCUT2D eigenvalue weighted by atomic mass is 10.1. The standard InChI is InChI=1S/C8H10N2O3/c1-4-5(8(13)10-9)2-3-6(11)7(4)12/h2-3,11-12H,9H2,1H3,(H,10,13). The van der Waals surface area contributed by atoms with Crippen LogP contribution in [0, 0.1) is 6.92 Å². The third kappa shape index (κ3) is 1.54. The minimum Gasteiger partial charge on any atom is -0.504 e. The summed E-state index contributed by atoms with van der Waals surface area (Å²) in [7, 11) is 0. The van der Waals surface area contributed by atoms with Crippen LogP contribution >= 0.6 is 0 Å². The number of carbonyl (C=O) groups is 1. The van der Waals surface area contributed by atoms with Crippen molar-refractivity contribution in [2.75, 3.05) is 0 Å². The Morgan fingerprint density at radius 2 is 2.08 bits per heavy atom. The van der Waals surface area contributed by atoms with Crippen LogP contribution in [0.3, 0.4) is 0 Å².